The van der Waals surface area contributed by atoms with Crippen molar-refractivity contribution < 1.29 is 0 Å². The van der Waals surface area contributed by atoms with E-state index in [1.165, 1.54) is 28.4 Å². The van der Waals surface area contributed by atoms with Crippen LogP contribution in [-0.2, 0) is 20.1 Å². The summed E-state index contributed by atoms with van der Waals surface area (Å²) in [5.74, 6) is 0.632. The highest BCUT2D eigenvalue weighted by Crippen LogP contribution is 2.24. The molecule has 0 bridgehead atoms. The lowest BCUT2D eigenvalue weighted by Gasteiger charge is -2.30. The third kappa shape index (κ3) is 4.01. The number of nitrogens with zero attached hydrogens (tertiary/aromatic N) is 7. The smallest absolute Gasteiger partial charge is 0.301 e. The molecule has 5 rings (SSSR count). The van der Waals surface area contributed by atoms with Crippen molar-refractivity contribution >= 4 is 22.8 Å². The fraction of sp³-hybridized carbons (Fsp3) is 0.500. The zero-order valence-electron chi connectivity index (χ0n) is 19.6. The van der Waals surface area contributed by atoms with Crippen LogP contribution in [0.5, 0.6) is 0 Å². The molecular weight excluding hydrogens is 418 g/mol. The topological polar surface area (TPSA) is 80.7 Å². The van der Waals surface area contributed by atoms with Crippen LogP contribution in [0.4, 0.5) is 5.95 Å². The monoisotopic (exact) mass is 449 g/mol. The molecule has 0 aliphatic carbocycles. The molecule has 1 fully saturated rings. The molecule has 0 atom stereocenters. The van der Waals surface area contributed by atoms with E-state index < -0.39 is 0 Å². The molecule has 0 N–H and O–H groups in total. The first-order valence-electron chi connectivity index (χ1n) is 11.7. The Labute approximate surface area is 192 Å². The van der Waals surface area contributed by atoms with Gasteiger partial charge in [0.1, 0.15) is 0 Å². The largest absolute Gasteiger partial charge is 0.332 e. The van der Waals surface area contributed by atoms with Crippen LogP contribution in [-0.4, -0.2) is 55.5 Å². The van der Waals surface area contributed by atoms with E-state index in [1.54, 1.807) is 7.05 Å². The van der Waals surface area contributed by atoms with Gasteiger partial charge >= 0.3 is 5.69 Å². The van der Waals surface area contributed by atoms with Crippen molar-refractivity contribution in [3.8, 4) is 0 Å². The predicted molar refractivity (Wildman–Crippen MR) is 130 cm³/mol. The summed E-state index contributed by atoms with van der Waals surface area (Å²) >= 11 is 0. The number of hydrogen-bond donors (Lipinski definition) is 0. The molecule has 3 aromatic rings. The lowest BCUT2D eigenvalue weighted by Crippen LogP contribution is -2.40. The number of hydrazone groups is 1. The molecule has 0 saturated carbocycles. The van der Waals surface area contributed by atoms with Crippen LogP contribution in [0.2, 0.25) is 0 Å². The van der Waals surface area contributed by atoms with Crippen molar-refractivity contribution in [2.75, 3.05) is 31.2 Å². The van der Waals surface area contributed by atoms with E-state index in [1.807, 2.05) is 47.7 Å². The standard InChI is InChI=1S/C24H31N7O2/c1-17-8-7-9-19(14-17)16-30-22(32)20-21(27(3)24(30)33)25-23-29(20)15-18(2)26-31(23)13-12-28-10-5-4-6-11-28/h7-9,14H,4-6,10-13,15-16H2,1-3H3. The summed E-state index contributed by atoms with van der Waals surface area (Å²) in [4.78, 5) is 33.9. The summed E-state index contributed by atoms with van der Waals surface area (Å²) < 4.78 is 4.71. The Morgan fingerprint density at radius 2 is 1.82 bits per heavy atom. The molecule has 0 unspecified atom stereocenters. The second-order valence-electron chi connectivity index (χ2n) is 9.25. The van der Waals surface area contributed by atoms with E-state index in [-0.39, 0.29) is 17.8 Å². The minimum atomic E-state index is -0.359. The summed E-state index contributed by atoms with van der Waals surface area (Å²) in [6.07, 6.45) is 3.78. The van der Waals surface area contributed by atoms with Gasteiger partial charge in [-0.2, -0.15) is 10.1 Å². The first-order valence-corrected chi connectivity index (χ1v) is 11.7. The van der Waals surface area contributed by atoms with Crippen molar-refractivity contribution in [2.24, 2.45) is 12.1 Å². The van der Waals surface area contributed by atoms with Gasteiger partial charge in [0.15, 0.2) is 11.2 Å². The molecule has 4 heterocycles. The van der Waals surface area contributed by atoms with E-state index in [0.29, 0.717) is 30.2 Å². The average Bonchev–Trinajstić information content (AvgIpc) is 3.19. The Bertz CT molecular complexity index is 1340. The summed E-state index contributed by atoms with van der Waals surface area (Å²) in [6, 6.07) is 7.89. The van der Waals surface area contributed by atoms with Crippen molar-refractivity contribution in [1.82, 2.24) is 23.6 Å². The van der Waals surface area contributed by atoms with E-state index in [9.17, 15) is 9.59 Å². The van der Waals surface area contributed by atoms with Crippen LogP contribution in [0, 0.1) is 6.92 Å². The fourth-order valence-corrected chi connectivity index (χ4v) is 4.92. The van der Waals surface area contributed by atoms with Gasteiger partial charge in [0, 0.05) is 13.6 Å². The Kier molecular flexibility index (Phi) is 5.65. The molecule has 0 spiro atoms. The maximum Gasteiger partial charge on any atom is 0.332 e. The summed E-state index contributed by atoms with van der Waals surface area (Å²) in [5.41, 5.74) is 3.13. The van der Waals surface area contributed by atoms with Gasteiger partial charge in [0.25, 0.3) is 5.56 Å². The van der Waals surface area contributed by atoms with Gasteiger partial charge in [-0.1, -0.05) is 36.2 Å². The Hall–Kier alpha value is -3.20. The van der Waals surface area contributed by atoms with Gasteiger partial charge in [0.2, 0.25) is 5.95 Å². The second-order valence-corrected chi connectivity index (χ2v) is 9.25. The lowest BCUT2D eigenvalue weighted by molar-refractivity contribution is 0.233. The number of likely N-dealkylation sites (tertiary alicyclic amines) is 1. The quantitative estimate of drug-likeness (QED) is 0.595. The summed E-state index contributed by atoms with van der Waals surface area (Å²) in [6.45, 7) is 8.52. The van der Waals surface area contributed by atoms with Crippen LogP contribution in [0.25, 0.3) is 11.2 Å². The number of imidazole rings is 1. The Morgan fingerprint density at radius 3 is 2.58 bits per heavy atom. The minimum Gasteiger partial charge on any atom is -0.301 e. The molecule has 174 valence electrons. The number of aromatic nitrogens is 4. The normalized spacial score (nSPS) is 16.8. The van der Waals surface area contributed by atoms with Crippen LogP contribution in [0.3, 0.4) is 0 Å². The fourth-order valence-electron chi connectivity index (χ4n) is 4.92. The van der Waals surface area contributed by atoms with Gasteiger partial charge in [-0.3, -0.25) is 18.5 Å². The zero-order chi connectivity index (χ0) is 23.1. The molecule has 2 aromatic heterocycles. The number of hydrogen-bond acceptors (Lipinski definition) is 6. The predicted octanol–water partition coefficient (Wildman–Crippen LogP) is 1.94. The molecule has 9 heteroatoms. The number of benzene rings is 1. The Morgan fingerprint density at radius 1 is 1.03 bits per heavy atom. The van der Waals surface area contributed by atoms with Crippen LogP contribution in [0.15, 0.2) is 39.0 Å². The van der Waals surface area contributed by atoms with Gasteiger partial charge in [0.05, 0.1) is 25.3 Å². The third-order valence-corrected chi connectivity index (χ3v) is 6.62. The molecule has 9 nitrogen and oxygen atoms in total. The van der Waals surface area contributed by atoms with Crippen LogP contribution >= 0.6 is 0 Å². The maximum atomic E-state index is 13.6. The molecule has 2 aliphatic heterocycles. The van der Waals surface area contributed by atoms with Crippen LogP contribution < -0.4 is 16.3 Å². The van der Waals surface area contributed by atoms with E-state index in [4.69, 9.17) is 10.1 Å². The average molecular weight is 450 g/mol. The highest BCUT2D eigenvalue weighted by atomic mass is 16.2. The number of rotatable bonds is 5. The molecule has 33 heavy (non-hydrogen) atoms. The van der Waals surface area contributed by atoms with Crippen molar-refractivity contribution in [3.63, 3.8) is 0 Å². The van der Waals surface area contributed by atoms with E-state index in [0.717, 1.165) is 36.5 Å². The van der Waals surface area contributed by atoms with E-state index >= 15 is 0 Å². The van der Waals surface area contributed by atoms with Gasteiger partial charge in [-0.15, -0.1) is 0 Å². The lowest BCUT2D eigenvalue weighted by atomic mass is 10.1. The molecule has 1 saturated heterocycles. The van der Waals surface area contributed by atoms with Gasteiger partial charge in [-0.05, 0) is 45.3 Å². The first kappa shape index (κ1) is 21.6. The number of aryl methyl sites for hydroxylation is 2. The van der Waals surface area contributed by atoms with Crippen molar-refractivity contribution in [2.45, 2.75) is 46.2 Å². The van der Waals surface area contributed by atoms with Gasteiger partial charge < -0.3 is 4.90 Å². The van der Waals surface area contributed by atoms with Crippen LogP contribution in [0.1, 0.15) is 37.3 Å². The molecule has 0 amide bonds. The zero-order valence-corrected chi connectivity index (χ0v) is 19.6. The number of piperidine rings is 1. The van der Waals surface area contributed by atoms with Gasteiger partial charge in [-0.25, -0.2) is 9.80 Å². The van der Waals surface area contributed by atoms with E-state index in [2.05, 4.69) is 4.90 Å². The van der Waals surface area contributed by atoms with Crippen molar-refractivity contribution in [1.29, 1.82) is 0 Å². The molecule has 0 radical (unpaired) electrons. The maximum absolute atomic E-state index is 13.6. The SMILES string of the molecule is CC1=NN(CCN2CCCCC2)c2nc3c(c(=O)n(Cc4cccc(C)c4)c(=O)n3C)n2C1. The summed E-state index contributed by atoms with van der Waals surface area (Å²) in [5, 5.41) is 6.62. The Balaban J connectivity index is 1.55. The minimum absolute atomic E-state index is 0.232. The molecule has 2 aliphatic rings. The number of fused-ring (bicyclic) bond motifs is 3. The first-order chi connectivity index (χ1) is 15.9. The molecular formula is C24H31N7O2. The number of anilines is 1. The second kappa shape index (κ2) is 8.62. The highest BCUT2D eigenvalue weighted by Gasteiger charge is 2.27. The van der Waals surface area contributed by atoms with Crippen molar-refractivity contribution in [3.05, 3.63) is 56.2 Å². The highest BCUT2D eigenvalue weighted by molar-refractivity contribution is 5.87. The third-order valence-electron chi connectivity index (χ3n) is 6.62. The molecule has 1 aromatic carbocycles. The summed E-state index contributed by atoms with van der Waals surface area (Å²) in [7, 11) is 1.68.